The van der Waals surface area contributed by atoms with E-state index >= 15 is 0 Å². The van der Waals surface area contributed by atoms with Gasteiger partial charge in [-0.05, 0) is 44.1 Å². The number of rotatable bonds is 4. The molecule has 1 saturated heterocycles. The van der Waals surface area contributed by atoms with Crippen molar-refractivity contribution >= 4 is 73.7 Å². The van der Waals surface area contributed by atoms with Gasteiger partial charge in [-0.15, -0.1) is 36.2 Å². The van der Waals surface area contributed by atoms with Crippen molar-refractivity contribution in [3.63, 3.8) is 0 Å². The summed E-state index contributed by atoms with van der Waals surface area (Å²) in [5, 5.41) is 10.6. The Morgan fingerprint density at radius 3 is 2.54 bits per heavy atom. The van der Waals surface area contributed by atoms with Crippen molar-refractivity contribution < 1.29 is 4.79 Å². The number of aromatic nitrogens is 1. The first kappa shape index (κ1) is 20.9. The van der Waals surface area contributed by atoms with Gasteiger partial charge in [-0.1, -0.05) is 29.5 Å². The van der Waals surface area contributed by atoms with E-state index in [4.69, 9.17) is 0 Å². The second-order valence-corrected chi connectivity index (χ2v) is 7.85. The van der Waals surface area contributed by atoms with Crippen molar-refractivity contribution in [3.8, 4) is 0 Å². The number of fused-ring (bicyclic) bond motifs is 1. The highest BCUT2D eigenvalue weighted by Crippen LogP contribution is 2.34. The Morgan fingerprint density at radius 1 is 1.12 bits per heavy atom. The van der Waals surface area contributed by atoms with Crippen LogP contribution in [0.2, 0.25) is 0 Å². The standard InChI is InChI=1S/C17H18N4OS2.2ClH/c22-15(19-12-6-8-18-9-7-12)13-10-14-16(23-13)21-17(24-14)20-11-4-2-1-3-5-11;;/h1-5,10,12,18H,6-9H2,(H,19,22)(H,20,21);2*1H. The summed E-state index contributed by atoms with van der Waals surface area (Å²) in [5.74, 6) is 0.0228. The highest BCUT2D eigenvalue weighted by Gasteiger charge is 2.19. The monoisotopic (exact) mass is 430 g/mol. The second kappa shape index (κ2) is 9.53. The van der Waals surface area contributed by atoms with Crippen LogP contribution in [0, 0.1) is 0 Å². The lowest BCUT2D eigenvalue weighted by molar-refractivity contribution is 0.0934. The Balaban J connectivity index is 0.00000121. The number of halogens is 2. The topological polar surface area (TPSA) is 66.1 Å². The third-order valence-electron chi connectivity index (χ3n) is 4.01. The number of hydrogen-bond donors (Lipinski definition) is 3. The number of nitrogens with zero attached hydrogens (tertiary/aromatic N) is 1. The number of thiazole rings is 1. The van der Waals surface area contributed by atoms with Crippen LogP contribution in [-0.4, -0.2) is 30.0 Å². The number of amides is 1. The maximum Gasteiger partial charge on any atom is 0.261 e. The van der Waals surface area contributed by atoms with E-state index in [1.165, 1.54) is 11.3 Å². The maximum atomic E-state index is 12.4. The fourth-order valence-electron chi connectivity index (χ4n) is 2.77. The molecule has 1 fully saturated rings. The zero-order valence-electron chi connectivity index (χ0n) is 13.9. The van der Waals surface area contributed by atoms with Crippen LogP contribution in [0.4, 0.5) is 10.8 Å². The molecule has 26 heavy (non-hydrogen) atoms. The highest BCUT2D eigenvalue weighted by atomic mass is 35.5. The summed E-state index contributed by atoms with van der Waals surface area (Å²) < 4.78 is 1.05. The first-order valence-electron chi connectivity index (χ1n) is 8.02. The molecule has 0 atom stereocenters. The number of nitrogens with one attached hydrogen (secondary N) is 3. The third kappa shape index (κ3) is 4.86. The van der Waals surface area contributed by atoms with Gasteiger partial charge in [0.05, 0.1) is 9.58 Å². The van der Waals surface area contributed by atoms with Gasteiger partial charge in [0.15, 0.2) is 5.13 Å². The molecule has 1 aromatic carbocycles. The lowest BCUT2D eigenvalue weighted by atomic mass is 10.1. The molecule has 0 unspecified atom stereocenters. The van der Waals surface area contributed by atoms with Crippen molar-refractivity contribution in [2.45, 2.75) is 18.9 Å². The fraction of sp³-hybridized carbons (Fsp3) is 0.294. The molecule has 2 aromatic heterocycles. The summed E-state index contributed by atoms with van der Waals surface area (Å²) in [4.78, 5) is 18.6. The van der Waals surface area contributed by atoms with E-state index in [1.807, 2.05) is 36.4 Å². The van der Waals surface area contributed by atoms with E-state index in [0.717, 1.165) is 51.2 Å². The Hall–Kier alpha value is -1.38. The molecule has 5 nitrogen and oxygen atoms in total. The van der Waals surface area contributed by atoms with Crippen molar-refractivity contribution in [1.82, 2.24) is 15.6 Å². The normalized spacial score (nSPS) is 14.3. The SMILES string of the molecule is Cl.Cl.O=C(NC1CCNCC1)c1cc2sc(Nc3ccccc3)nc2s1. The van der Waals surface area contributed by atoms with Gasteiger partial charge in [0.2, 0.25) is 0 Å². The molecule has 3 aromatic rings. The number of benzene rings is 1. The van der Waals surface area contributed by atoms with E-state index in [-0.39, 0.29) is 36.8 Å². The van der Waals surface area contributed by atoms with Crippen LogP contribution < -0.4 is 16.0 Å². The Labute approximate surface area is 172 Å². The quantitative estimate of drug-likeness (QED) is 0.572. The molecule has 140 valence electrons. The smallest absolute Gasteiger partial charge is 0.261 e. The maximum absolute atomic E-state index is 12.4. The summed E-state index contributed by atoms with van der Waals surface area (Å²) in [7, 11) is 0. The molecule has 0 aliphatic carbocycles. The first-order valence-corrected chi connectivity index (χ1v) is 9.65. The molecule has 3 N–H and O–H groups in total. The number of hydrogen-bond acceptors (Lipinski definition) is 6. The molecule has 4 rings (SSSR count). The molecule has 0 spiro atoms. The van der Waals surface area contributed by atoms with Gasteiger partial charge in [-0.2, -0.15) is 0 Å². The van der Waals surface area contributed by atoms with Gasteiger partial charge in [0.25, 0.3) is 5.91 Å². The number of anilines is 2. The molecule has 1 aliphatic heterocycles. The second-order valence-electron chi connectivity index (χ2n) is 5.79. The summed E-state index contributed by atoms with van der Waals surface area (Å²) in [5.41, 5.74) is 1.02. The lowest BCUT2D eigenvalue weighted by Gasteiger charge is -2.23. The van der Waals surface area contributed by atoms with E-state index in [2.05, 4.69) is 20.9 Å². The van der Waals surface area contributed by atoms with Crippen LogP contribution >= 0.6 is 47.5 Å². The number of thiophene rings is 1. The van der Waals surface area contributed by atoms with Crippen LogP contribution in [0.15, 0.2) is 36.4 Å². The Morgan fingerprint density at radius 2 is 1.85 bits per heavy atom. The number of carbonyl (C=O) groups excluding carboxylic acids is 1. The van der Waals surface area contributed by atoms with E-state index in [0.29, 0.717) is 0 Å². The van der Waals surface area contributed by atoms with Crippen LogP contribution in [0.3, 0.4) is 0 Å². The summed E-state index contributed by atoms with van der Waals surface area (Å²) in [6, 6.07) is 12.2. The van der Waals surface area contributed by atoms with E-state index < -0.39 is 0 Å². The average Bonchev–Trinajstić information content (AvgIpc) is 3.15. The highest BCUT2D eigenvalue weighted by molar-refractivity contribution is 7.29. The molecule has 0 bridgehead atoms. The summed E-state index contributed by atoms with van der Waals surface area (Å²) in [6.45, 7) is 1.95. The first-order chi connectivity index (χ1) is 11.8. The van der Waals surface area contributed by atoms with Crippen molar-refractivity contribution in [3.05, 3.63) is 41.3 Å². The number of piperidine rings is 1. The van der Waals surface area contributed by atoms with Gasteiger partial charge >= 0.3 is 0 Å². The molecular weight excluding hydrogens is 411 g/mol. The Kier molecular flexibility index (Phi) is 7.67. The molecule has 0 saturated carbocycles. The van der Waals surface area contributed by atoms with Gasteiger partial charge in [0, 0.05) is 11.7 Å². The average molecular weight is 431 g/mol. The predicted octanol–water partition coefficient (Wildman–Crippen LogP) is 4.43. The van der Waals surface area contributed by atoms with Crippen LogP contribution in [0.25, 0.3) is 9.53 Å². The molecule has 1 amide bonds. The lowest BCUT2D eigenvalue weighted by Crippen LogP contribution is -2.42. The fourth-order valence-corrected chi connectivity index (χ4v) is 4.81. The molecular formula is C17H20Cl2N4OS2. The minimum Gasteiger partial charge on any atom is -0.349 e. The van der Waals surface area contributed by atoms with Crippen molar-refractivity contribution in [2.75, 3.05) is 18.4 Å². The van der Waals surface area contributed by atoms with Crippen LogP contribution in [0.5, 0.6) is 0 Å². The van der Waals surface area contributed by atoms with Crippen LogP contribution in [-0.2, 0) is 0 Å². The van der Waals surface area contributed by atoms with Crippen molar-refractivity contribution in [1.29, 1.82) is 0 Å². The van der Waals surface area contributed by atoms with E-state index in [9.17, 15) is 4.79 Å². The largest absolute Gasteiger partial charge is 0.349 e. The summed E-state index contributed by atoms with van der Waals surface area (Å²) in [6.07, 6.45) is 1.99. The Bertz CT molecular complexity index is 815. The van der Waals surface area contributed by atoms with Gasteiger partial charge in [-0.25, -0.2) is 4.98 Å². The number of para-hydroxylation sites is 1. The van der Waals surface area contributed by atoms with Crippen molar-refractivity contribution in [2.24, 2.45) is 0 Å². The predicted molar refractivity (Wildman–Crippen MR) is 115 cm³/mol. The van der Waals surface area contributed by atoms with Gasteiger partial charge < -0.3 is 16.0 Å². The minimum atomic E-state index is 0. The molecule has 3 heterocycles. The van der Waals surface area contributed by atoms with Crippen LogP contribution in [0.1, 0.15) is 22.5 Å². The molecule has 9 heteroatoms. The molecule has 0 radical (unpaired) electrons. The van der Waals surface area contributed by atoms with Gasteiger partial charge in [-0.3, -0.25) is 4.79 Å². The zero-order valence-corrected chi connectivity index (χ0v) is 17.1. The number of carbonyl (C=O) groups is 1. The molecule has 1 aliphatic rings. The van der Waals surface area contributed by atoms with E-state index in [1.54, 1.807) is 11.3 Å². The van der Waals surface area contributed by atoms with Gasteiger partial charge in [0.1, 0.15) is 4.83 Å². The third-order valence-corrected chi connectivity index (χ3v) is 6.09. The summed E-state index contributed by atoms with van der Waals surface area (Å²) >= 11 is 3.03. The minimum absolute atomic E-state index is 0. The zero-order chi connectivity index (χ0) is 16.4.